The molecule has 4 heteroatoms. The standard InChI is InChI=1S/C12H16N4/c1-3-9-4-6-10(7-5-9)12(13)11-8-14-15-16(11)2/h4-8,12H,3,13H2,1-2H3. The highest BCUT2D eigenvalue weighted by Crippen LogP contribution is 2.18. The van der Waals surface area contributed by atoms with Crippen LogP contribution in [0, 0.1) is 0 Å². The molecule has 0 aliphatic rings. The minimum Gasteiger partial charge on any atom is -0.319 e. The third-order valence-electron chi connectivity index (χ3n) is 2.82. The molecule has 1 aromatic heterocycles. The molecule has 0 aliphatic heterocycles. The summed E-state index contributed by atoms with van der Waals surface area (Å²) in [6.07, 6.45) is 2.75. The number of benzene rings is 1. The Bertz CT molecular complexity index is 458. The lowest BCUT2D eigenvalue weighted by atomic mass is 10.0. The molecule has 84 valence electrons. The highest BCUT2D eigenvalue weighted by atomic mass is 15.4. The number of rotatable bonds is 3. The summed E-state index contributed by atoms with van der Waals surface area (Å²) in [4.78, 5) is 0. The third kappa shape index (κ3) is 1.97. The largest absolute Gasteiger partial charge is 0.319 e. The second-order valence-electron chi connectivity index (χ2n) is 3.86. The Morgan fingerprint density at radius 2 is 2.00 bits per heavy atom. The van der Waals surface area contributed by atoms with E-state index in [9.17, 15) is 0 Å². The minimum atomic E-state index is -0.161. The first-order valence-electron chi connectivity index (χ1n) is 5.41. The van der Waals surface area contributed by atoms with E-state index in [0.717, 1.165) is 17.7 Å². The topological polar surface area (TPSA) is 56.7 Å². The average molecular weight is 216 g/mol. The van der Waals surface area contributed by atoms with Crippen LogP contribution in [0.3, 0.4) is 0 Å². The van der Waals surface area contributed by atoms with E-state index in [0.29, 0.717) is 0 Å². The lowest BCUT2D eigenvalue weighted by Crippen LogP contribution is -2.15. The Morgan fingerprint density at radius 1 is 1.31 bits per heavy atom. The average Bonchev–Trinajstić information content (AvgIpc) is 2.75. The number of nitrogens with zero attached hydrogens (tertiary/aromatic N) is 3. The number of hydrogen-bond acceptors (Lipinski definition) is 3. The van der Waals surface area contributed by atoms with Crippen molar-refractivity contribution in [3.63, 3.8) is 0 Å². The Hall–Kier alpha value is -1.68. The van der Waals surface area contributed by atoms with Crippen LogP contribution in [0.25, 0.3) is 0 Å². The predicted octanol–water partition coefficient (Wildman–Crippen LogP) is 1.43. The van der Waals surface area contributed by atoms with E-state index >= 15 is 0 Å². The fourth-order valence-corrected chi connectivity index (χ4v) is 1.71. The summed E-state index contributed by atoms with van der Waals surface area (Å²) in [6, 6.07) is 8.19. The van der Waals surface area contributed by atoms with Gasteiger partial charge in [-0.2, -0.15) is 0 Å². The Morgan fingerprint density at radius 3 is 2.50 bits per heavy atom. The van der Waals surface area contributed by atoms with Gasteiger partial charge in [0.05, 0.1) is 17.9 Å². The van der Waals surface area contributed by atoms with E-state index in [4.69, 9.17) is 5.73 Å². The van der Waals surface area contributed by atoms with Crippen LogP contribution < -0.4 is 5.73 Å². The molecule has 2 rings (SSSR count). The Balaban J connectivity index is 2.27. The summed E-state index contributed by atoms with van der Waals surface area (Å²) < 4.78 is 1.71. The van der Waals surface area contributed by atoms with Crippen molar-refractivity contribution in [2.24, 2.45) is 12.8 Å². The van der Waals surface area contributed by atoms with Crippen LogP contribution in [-0.4, -0.2) is 15.0 Å². The van der Waals surface area contributed by atoms with Crippen molar-refractivity contribution >= 4 is 0 Å². The smallest absolute Gasteiger partial charge is 0.0796 e. The van der Waals surface area contributed by atoms with Crippen LogP contribution in [-0.2, 0) is 13.5 Å². The highest BCUT2D eigenvalue weighted by Gasteiger charge is 2.12. The lowest BCUT2D eigenvalue weighted by molar-refractivity contribution is 0.651. The van der Waals surface area contributed by atoms with Crippen molar-refractivity contribution in [1.82, 2.24) is 15.0 Å². The summed E-state index contributed by atoms with van der Waals surface area (Å²) >= 11 is 0. The van der Waals surface area contributed by atoms with E-state index < -0.39 is 0 Å². The zero-order valence-electron chi connectivity index (χ0n) is 9.59. The van der Waals surface area contributed by atoms with Gasteiger partial charge in [-0.25, -0.2) is 0 Å². The van der Waals surface area contributed by atoms with Crippen molar-refractivity contribution in [2.75, 3.05) is 0 Å². The highest BCUT2D eigenvalue weighted by molar-refractivity contribution is 5.29. The number of aryl methyl sites for hydroxylation is 2. The van der Waals surface area contributed by atoms with Crippen LogP contribution in [0.4, 0.5) is 0 Å². The molecule has 1 aromatic carbocycles. The normalized spacial score (nSPS) is 12.7. The van der Waals surface area contributed by atoms with Crippen molar-refractivity contribution in [2.45, 2.75) is 19.4 Å². The van der Waals surface area contributed by atoms with Gasteiger partial charge >= 0.3 is 0 Å². The molecule has 0 radical (unpaired) electrons. The van der Waals surface area contributed by atoms with Gasteiger partial charge in [0.25, 0.3) is 0 Å². The maximum atomic E-state index is 6.15. The van der Waals surface area contributed by atoms with Gasteiger partial charge in [0, 0.05) is 7.05 Å². The first kappa shape index (κ1) is 10.8. The van der Waals surface area contributed by atoms with Crippen LogP contribution in [0.5, 0.6) is 0 Å². The van der Waals surface area contributed by atoms with Crippen molar-refractivity contribution in [3.05, 3.63) is 47.3 Å². The van der Waals surface area contributed by atoms with Crippen LogP contribution in [0.2, 0.25) is 0 Å². The van der Waals surface area contributed by atoms with E-state index in [1.165, 1.54) is 5.56 Å². The zero-order valence-corrected chi connectivity index (χ0v) is 9.59. The van der Waals surface area contributed by atoms with E-state index in [-0.39, 0.29) is 6.04 Å². The molecule has 1 heterocycles. The van der Waals surface area contributed by atoms with Gasteiger partial charge in [0.2, 0.25) is 0 Å². The molecule has 2 N–H and O–H groups in total. The minimum absolute atomic E-state index is 0.161. The monoisotopic (exact) mass is 216 g/mol. The summed E-state index contributed by atoms with van der Waals surface area (Å²) in [5, 5.41) is 7.72. The molecule has 1 atom stereocenters. The maximum absolute atomic E-state index is 6.15. The van der Waals surface area contributed by atoms with Gasteiger partial charge in [-0.15, -0.1) is 5.10 Å². The molecule has 0 saturated heterocycles. The van der Waals surface area contributed by atoms with Crippen molar-refractivity contribution in [3.8, 4) is 0 Å². The van der Waals surface area contributed by atoms with Crippen LogP contribution in [0.1, 0.15) is 29.8 Å². The number of nitrogens with two attached hydrogens (primary N) is 1. The molecule has 0 aliphatic carbocycles. The fourth-order valence-electron chi connectivity index (χ4n) is 1.71. The lowest BCUT2D eigenvalue weighted by Gasteiger charge is -2.11. The van der Waals surface area contributed by atoms with Gasteiger partial charge in [-0.1, -0.05) is 36.4 Å². The van der Waals surface area contributed by atoms with E-state index in [2.05, 4.69) is 41.5 Å². The van der Waals surface area contributed by atoms with Gasteiger partial charge in [-0.3, -0.25) is 4.68 Å². The summed E-state index contributed by atoms with van der Waals surface area (Å²) in [7, 11) is 1.85. The fraction of sp³-hybridized carbons (Fsp3) is 0.333. The third-order valence-corrected chi connectivity index (χ3v) is 2.82. The molecule has 0 spiro atoms. The van der Waals surface area contributed by atoms with Crippen molar-refractivity contribution in [1.29, 1.82) is 0 Å². The molecule has 0 bridgehead atoms. The summed E-state index contributed by atoms with van der Waals surface area (Å²) in [5.74, 6) is 0. The van der Waals surface area contributed by atoms with Crippen LogP contribution in [0.15, 0.2) is 30.5 Å². The predicted molar refractivity (Wildman–Crippen MR) is 62.9 cm³/mol. The maximum Gasteiger partial charge on any atom is 0.0796 e. The number of hydrogen-bond donors (Lipinski definition) is 1. The number of aromatic nitrogens is 3. The SMILES string of the molecule is CCc1ccc(C(N)c2cnnn2C)cc1. The van der Waals surface area contributed by atoms with E-state index in [1.807, 2.05) is 7.05 Å². The molecule has 0 fully saturated rings. The van der Waals surface area contributed by atoms with Gasteiger partial charge in [-0.05, 0) is 17.5 Å². The summed E-state index contributed by atoms with van der Waals surface area (Å²) in [5.41, 5.74) is 9.48. The first-order valence-corrected chi connectivity index (χ1v) is 5.41. The van der Waals surface area contributed by atoms with E-state index in [1.54, 1.807) is 10.9 Å². The van der Waals surface area contributed by atoms with Gasteiger partial charge in [0.1, 0.15) is 0 Å². The second kappa shape index (κ2) is 4.45. The molecule has 0 saturated carbocycles. The van der Waals surface area contributed by atoms with Gasteiger partial charge < -0.3 is 5.73 Å². The molecule has 4 nitrogen and oxygen atoms in total. The van der Waals surface area contributed by atoms with Gasteiger partial charge in [0.15, 0.2) is 0 Å². The molecule has 16 heavy (non-hydrogen) atoms. The molecular formula is C12H16N4. The molecule has 1 unspecified atom stereocenters. The molecule has 2 aromatic rings. The molecular weight excluding hydrogens is 200 g/mol. The van der Waals surface area contributed by atoms with Crippen LogP contribution >= 0.6 is 0 Å². The quantitative estimate of drug-likeness (QED) is 0.844. The summed E-state index contributed by atoms with van der Waals surface area (Å²) in [6.45, 7) is 2.14. The zero-order chi connectivity index (χ0) is 11.5. The Kier molecular flexibility index (Phi) is 3.01. The Labute approximate surface area is 95.1 Å². The van der Waals surface area contributed by atoms with Crippen molar-refractivity contribution < 1.29 is 0 Å². The second-order valence-corrected chi connectivity index (χ2v) is 3.86. The first-order chi connectivity index (χ1) is 7.72. The molecule has 0 amide bonds.